The molecule has 4 nitrogen and oxygen atoms in total. The van der Waals surface area contributed by atoms with Crippen LogP contribution in [0.4, 0.5) is 5.95 Å². The SMILES string of the molecule is CCC(C)(c1ccc(-c2cnc(N)nc2)cc1)c1c[nH]c2ccccc12. The van der Waals surface area contributed by atoms with E-state index in [9.17, 15) is 0 Å². The summed E-state index contributed by atoms with van der Waals surface area (Å²) in [6.45, 7) is 4.55. The first kappa shape index (κ1) is 16.3. The van der Waals surface area contributed by atoms with Gasteiger partial charge in [-0.3, -0.25) is 0 Å². The van der Waals surface area contributed by atoms with Crippen LogP contribution in [0.2, 0.25) is 0 Å². The third kappa shape index (κ3) is 2.64. The molecule has 2 aromatic carbocycles. The van der Waals surface area contributed by atoms with Gasteiger partial charge < -0.3 is 10.7 Å². The minimum atomic E-state index is -0.0598. The van der Waals surface area contributed by atoms with Crippen molar-refractivity contribution in [3.8, 4) is 11.1 Å². The lowest BCUT2D eigenvalue weighted by atomic mass is 9.74. The van der Waals surface area contributed by atoms with E-state index in [-0.39, 0.29) is 5.41 Å². The molecule has 0 fully saturated rings. The van der Waals surface area contributed by atoms with Crippen molar-refractivity contribution in [1.29, 1.82) is 0 Å². The molecule has 4 aromatic rings. The number of hydrogen-bond acceptors (Lipinski definition) is 3. The Bertz CT molecular complexity index is 1030. The highest BCUT2D eigenvalue weighted by atomic mass is 15.0. The van der Waals surface area contributed by atoms with E-state index < -0.39 is 0 Å². The van der Waals surface area contributed by atoms with Crippen molar-refractivity contribution in [2.24, 2.45) is 0 Å². The third-order valence-electron chi connectivity index (χ3n) is 5.42. The van der Waals surface area contributed by atoms with Crippen molar-refractivity contribution < 1.29 is 0 Å². The number of fused-ring (bicyclic) bond motifs is 1. The molecule has 2 aromatic heterocycles. The molecule has 1 atom stereocenters. The predicted molar refractivity (Wildman–Crippen MR) is 107 cm³/mol. The Balaban J connectivity index is 1.75. The van der Waals surface area contributed by atoms with E-state index in [1.807, 2.05) is 0 Å². The summed E-state index contributed by atoms with van der Waals surface area (Å²) < 4.78 is 0. The van der Waals surface area contributed by atoms with E-state index >= 15 is 0 Å². The maximum absolute atomic E-state index is 5.58. The number of hydrogen-bond donors (Lipinski definition) is 2. The molecule has 3 N–H and O–H groups in total. The average molecular weight is 342 g/mol. The molecular formula is C22H22N4. The molecule has 130 valence electrons. The minimum absolute atomic E-state index is 0.0598. The second-order valence-electron chi connectivity index (χ2n) is 6.84. The van der Waals surface area contributed by atoms with Crippen LogP contribution < -0.4 is 5.73 Å². The van der Waals surface area contributed by atoms with Crippen LogP contribution in [0.15, 0.2) is 67.1 Å². The van der Waals surface area contributed by atoms with Gasteiger partial charge in [-0.05, 0) is 29.2 Å². The molecule has 0 aliphatic rings. The van der Waals surface area contributed by atoms with Crippen molar-refractivity contribution >= 4 is 16.9 Å². The van der Waals surface area contributed by atoms with Crippen LogP contribution >= 0.6 is 0 Å². The average Bonchev–Trinajstić information content (AvgIpc) is 3.13. The van der Waals surface area contributed by atoms with E-state index in [0.717, 1.165) is 17.5 Å². The van der Waals surface area contributed by atoms with Gasteiger partial charge in [-0.1, -0.05) is 56.3 Å². The van der Waals surface area contributed by atoms with Gasteiger partial charge in [0.2, 0.25) is 5.95 Å². The molecule has 0 radical (unpaired) electrons. The first-order chi connectivity index (χ1) is 12.6. The Morgan fingerprint density at radius 1 is 0.962 bits per heavy atom. The highest BCUT2D eigenvalue weighted by Gasteiger charge is 2.29. The van der Waals surface area contributed by atoms with E-state index in [0.29, 0.717) is 5.95 Å². The Kier molecular flexibility index (Phi) is 3.96. The molecule has 0 saturated carbocycles. The van der Waals surface area contributed by atoms with Crippen LogP contribution in [0.5, 0.6) is 0 Å². The summed E-state index contributed by atoms with van der Waals surface area (Å²) in [7, 11) is 0. The summed E-state index contributed by atoms with van der Waals surface area (Å²) >= 11 is 0. The van der Waals surface area contributed by atoms with Crippen molar-refractivity contribution in [2.45, 2.75) is 25.7 Å². The normalized spacial score (nSPS) is 13.6. The van der Waals surface area contributed by atoms with Gasteiger partial charge in [-0.25, -0.2) is 9.97 Å². The Morgan fingerprint density at radius 3 is 2.35 bits per heavy atom. The largest absolute Gasteiger partial charge is 0.368 e. The predicted octanol–water partition coefficient (Wildman–Crippen LogP) is 4.92. The van der Waals surface area contributed by atoms with Crippen molar-refractivity contribution in [2.75, 3.05) is 5.73 Å². The van der Waals surface area contributed by atoms with Gasteiger partial charge in [-0.15, -0.1) is 0 Å². The quantitative estimate of drug-likeness (QED) is 0.553. The van der Waals surface area contributed by atoms with Crippen LogP contribution in [0.3, 0.4) is 0 Å². The fourth-order valence-corrected chi connectivity index (χ4v) is 3.60. The smallest absolute Gasteiger partial charge is 0.219 e. The molecule has 0 amide bonds. The fraction of sp³-hybridized carbons (Fsp3) is 0.182. The molecule has 4 rings (SSSR count). The van der Waals surface area contributed by atoms with Crippen LogP contribution in [0, 0.1) is 0 Å². The highest BCUT2D eigenvalue weighted by molar-refractivity contribution is 5.85. The number of aromatic amines is 1. The molecule has 0 aliphatic carbocycles. The van der Waals surface area contributed by atoms with Crippen molar-refractivity contribution in [3.05, 3.63) is 78.2 Å². The Morgan fingerprint density at radius 2 is 1.65 bits per heavy atom. The molecule has 26 heavy (non-hydrogen) atoms. The fourth-order valence-electron chi connectivity index (χ4n) is 3.60. The lowest BCUT2D eigenvalue weighted by molar-refractivity contribution is 0.554. The number of nitrogens with two attached hydrogens (primary N) is 1. The molecule has 2 heterocycles. The number of para-hydroxylation sites is 1. The van der Waals surface area contributed by atoms with Gasteiger partial charge in [-0.2, -0.15) is 0 Å². The molecule has 0 aliphatic heterocycles. The standard InChI is InChI=1S/C22H22N4/c1-3-22(2,19-14-24-20-7-5-4-6-18(19)20)17-10-8-15(9-11-17)16-12-25-21(23)26-13-16/h4-14,24H,3H2,1-2H3,(H2,23,25,26). The van der Waals surface area contributed by atoms with Gasteiger partial charge in [0, 0.05) is 40.5 Å². The van der Waals surface area contributed by atoms with Gasteiger partial charge in [0.25, 0.3) is 0 Å². The number of H-pyrrole nitrogens is 1. The maximum atomic E-state index is 5.58. The minimum Gasteiger partial charge on any atom is -0.368 e. The van der Waals surface area contributed by atoms with Gasteiger partial charge >= 0.3 is 0 Å². The summed E-state index contributed by atoms with van der Waals surface area (Å²) in [6, 6.07) is 17.2. The molecule has 0 saturated heterocycles. The van der Waals surface area contributed by atoms with Gasteiger partial charge in [0.1, 0.15) is 0 Å². The second kappa shape index (κ2) is 6.30. The number of aromatic nitrogens is 3. The molecular weight excluding hydrogens is 320 g/mol. The van der Waals surface area contributed by atoms with E-state index in [1.54, 1.807) is 12.4 Å². The number of nitrogens with zero attached hydrogens (tertiary/aromatic N) is 2. The van der Waals surface area contributed by atoms with E-state index in [1.165, 1.54) is 22.0 Å². The molecule has 4 heteroatoms. The number of anilines is 1. The van der Waals surface area contributed by atoms with Crippen molar-refractivity contribution in [3.63, 3.8) is 0 Å². The van der Waals surface area contributed by atoms with Crippen LogP contribution in [-0.4, -0.2) is 15.0 Å². The van der Waals surface area contributed by atoms with E-state index in [4.69, 9.17) is 5.73 Å². The number of benzene rings is 2. The zero-order valence-corrected chi connectivity index (χ0v) is 15.0. The molecule has 1 unspecified atom stereocenters. The van der Waals surface area contributed by atoms with Crippen molar-refractivity contribution in [1.82, 2.24) is 15.0 Å². The zero-order chi connectivity index (χ0) is 18.1. The summed E-state index contributed by atoms with van der Waals surface area (Å²) in [5.41, 5.74) is 11.4. The summed E-state index contributed by atoms with van der Waals surface area (Å²) in [6.07, 6.45) is 6.68. The molecule has 0 spiro atoms. The summed E-state index contributed by atoms with van der Waals surface area (Å²) in [5, 5.41) is 1.29. The van der Waals surface area contributed by atoms with Crippen LogP contribution in [0.25, 0.3) is 22.0 Å². The highest BCUT2D eigenvalue weighted by Crippen LogP contribution is 2.39. The number of rotatable bonds is 4. The maximum Gasteiger partial charge on any atom is 0.219 e. The lowest BCUT2D eigenvalue weighted by Crippen LogP contribution is -2.22. The third-order valence-corrected chi connectivity index (χ3v) is 5.42. The number of nitrogen functional groups attached to an aromatic ring is 1. The van der Waals surface area contributed by atoms with E-state index in [2.05, 4.69) is 83.5 Å². The van der Waals surface area contributed by atoms with Crippen LogP contribution in [0.1, 0.15) is 31.4 Å². The Labute approximate surface area is 153 Å². The first-order valence-corrected chi connectivity index (χ1v) is 8.87. The monoisotopic (exact) mass is 342 g/mol. The first-order valence-electron chi connectivity index (χ1n) is 8.87. The van der Waals surface area contributed by atoms with Gasteiger partial charge in [0.15, 0.2) is 0 Å². The lowest BCUT2D eigenvalue weighted by Gasteiger charge is -2.29. The summed E-state index contributed by atoms with van der Waals surface area (Å²) in [4.78, 5) is 11.6. The topological polar surface area (TPSA) is 67.6 Å². The molecule has 0 bridgehead atoms. The second-order valence-corrected chi connectivity index (χ2v) is 6.84. The zero-order valence-electron chi connectivity index (χ0n) is 15.0. The van der Waals surface area contributed by atoms with Gasteiger partial charge in [0.05, 0.1) is 0 Å². The number of nitrogens with one attached hydrogen (secondary N) is 1. The van der Waals surface area contributed by atoms with Crippen LogP contribution in [-0.2, 0) is 5.41 Å². The summed E-state index contributed by atoms with van der Waals surface area (Å²) in [5.74, 6) is 0.295. The Hall–Kier alpha value is -3.14.